The van der Waals surface area contributed by atoms with Crippen LogP contribution in [-0.4, -0.2) is 45.8 Å². The number of fused-ring (bicyclic) bond motifs is 1. The van der Waals surface area contributed by atoms with E-state index >= 15 is 0 Å². The molecule has 4 nitrogen and oxygen atoms in total. The summed E-state index contributed by atoms with van der Waals surface area (Å²) in [6.45, 7) is 7.11. The number of hydrogen-bond acceptors (Lipinski definition) is 3. The van der Waals surface area contributed by atoms with Gasteiger partial charge < -0.3 is 14.6 Å². The SMILES string of the molecule is CCN1CCC(c2ncc3n2CCC(CO)C3)C1. The molecule has 3 rings (SSSR count). The first-order valence-corrected chi connectivity index (χ1v) is 7.19. The van der Waals surface area contributed by atoms with E-state index in [2.05, 4.69) is 21.4 Å². The van der Waals surface area contributed by atoms with Gasteiger partial charge in [0.1, 0.15) is 5.82 Å². The van der Waals surface area contributed by atoms with Crippen LogP contribution in [0.1, 0.15) is 37.2 Å². The largest absolute Gasteiger partial charge is 0.396 e. The molecule has 1 saturated heterocycles. The molecule has 0 saturated carbocycles. The summed E-state index contributed by atoms with van der Waals surface area (Å²) in [6.07, 6.45) is 5.37. The summed E-state index contributed by atoms with van der Waals surface area (Å²) in [4.78, 5) is 7.18. The number of imidazole rings is 1. The first-order valence-electron chi connectivity index (χ1n) is 7.19. The third kappa shape index (κ3) is 2.08. The molecule has 0 bridgehead atoms. The highest BCUT2D eigenvalue weighted by molar-refractivity contribution is 5.14. The van der Waals surface area contributed by atoms with E-state index in [1.807, 2.05) is 6.20 Å². The van der Waals surface area contributed by atoms with Crippen LogP contribution in [0.15, 0.2) is 6.20 Å². The lowest BCUT2D eigenvalue weighted by molar-refractivity contribution is 0.199. The molecular weight excluding hydrogens is 226 g/mol. The zero-order chi connectivity index (χ0) is 12.5. The maximum atomic E-state index is 9.27. The summed E-state index contributed by atoms with van der Waals surface area (Å²) < 4.78 is 2.41. The average molecular weight is 249 g/mol. The van der Waals surface area contributed by atoms with Gasteiger partial charge in [-0.25, -0.2) is 4.98 Å². The molecule has 2 unspecified atom stereocenters. The number of likely N-dealkylation sites (N-methyl/N-ethyl adjacent to an activating group) is 1. The fourth-order valence-corrected chi connectivity index (χ4v) is 3.37. The van der Waals surface area contributed by atoms with E-state index in [4.69, 9.17) is 0 Å². The van der Waals surface area contributed by atoms with Gasteiger partial charge in [0, 0.05) is 37.5 Å². The highest BCUT2D eigenvalue weighted by Crippen LogP contribution is 2.30. The van der Waals surface area contributed by atoms with Crippen molar-refractivity contribution in [1.29, 1.82) is 0 Å². The van der Waals surface area contributed by atoms with Gasteiger partial charge in [-0.2, -0.15) is 0 Å². The Labute approximate surface area is 109 Å². The van der Waals surface area contributed by atoms with Crippen LogP contribution < -0.4 is 0 Å². The summed E-state index contributed by atoms with van der Waals surface area (Å²) in [5.41, 5.74) is 1.32. The van der Waals surface area contributed by atoms with Crippen LogP contribution in [0.4, 0.5) is 0 Å². The second-order valence-electron chi connectivity index (χ2n) is 5.68. The summed E-state index contributed by atoms with van der Waals surface area (Å²) in [7, 11) is 0. The highest BCUT2D eigenvalue weighted by atomic mass is 16.3. The molecule has 0 spiro atoms. The smallest absolute Gasteiger partial charge is 0.113 e. The zero-order valence-electron chi connectivity index (χ0n) is 11.2. The van der Waals surface area contributed by atoms with Gasteiger partial charge in [-0.3, -0.25) is 0 Å². The molecule has 1 N–H and O–H groups in total. The highest BCUT2D eigenvalue weighted by Gasteiger charge is 2.29. The van der Waals surface area contributed by atoms with Crippen molar-refractivity contribution in [3.8, 4) is 0 Å². The van der Waals surface area contributed by atoms with Crippen molar-refractivity contribution in [2.75, 3.05) is 26.2 Å². The van der Waals surface area contributed by atoms with Crippen LogP contribution in [0.25, 0.3) is 0 Å². The Morgan fingerprint density at radius 2 is 2.28 bits per heavy atom. The van der Waals surface area contributed by atoms with E-state index in [1.54, 1.807) is 0 Å². The number of rotatable bonds is 3. The molecule has 1 fully saturated rings. The average Bonchev–Trinajstić information content (AvgIpc) is 3.03. The Kier molecular flexibility index (Phi) is 3.39. The first kappa shape index (κ1) is 12.2. The van der Waals surface area contributed by atoms with Crippen LogP contribution >= 0.6 is 0 Å². The Hall–Kier alpha value is -0.870. The Morgan fingerprint density at radius 1 is 1.39 bits per heavy atom. The zero-order valence-corrected chi connectivity index (χ0v) is 11.2. The molecule has 0 aromatic carbocycles. The number of nitrogens with zero attached hydrogens (tertiary/aromatic N) is 3. The van der Waals surface area contributed by atoms with E-state index in [9.17, 15) is 5.11 Å². The van der Waals surface area contributed by atoms with E-state index in [1.165, 1.54) is 24.5 Å². The molecule has 2 aliphatic heterocycles. The lowest BCUT2D eigenvalue weighted by Crippen LogP contribution is -2.24. The number of aliphatic hydroxyl groups excluding tert-OH is 1. The predicted molar refractivity (Wildman–Crippen MR) is 70.6 cm³/mol. The molecule has 0 amide bonds. The second-order valence-corrected chi connectivity index (χ2v) is 5.68. The molecule has 0 aliphatic carbocycles. The van der Waals surface area contributed by atoms with Crippen molar-refractivity contribution < 1.29 is 5.11 Å². The van der Waals surface area contributed by atoms with Gasteiger partial charge in [-0.1, -0.05) is 6.92 Å². The number of hydrogen-bond donors (Lipinski definition) is 1. The van der Waals surface area contributed by atoms with Gasteiger partial charge in [0.25, 0.3) is 0 Å². The normalized spacial score (nSPS) is 28.6. The molecule has 2 aliphatic rings. The summed E-state index contributed by atoms with van der Waals surface area (Å²) in [5.74, 6) is 2.35. The number of likely N-dealkylation sites (tertiary alicyclic amines) is 1. The van der Waals surface area contributed by atoms with Crippen LogP contribution in [0.2, 0.25) is 0 Å². The van der Waals surface area contributed by atoms with E-state index in [-0.39, 0.29) is 0 Å². The molecular formula is C14H23N3O. The third-order valence-electron chi connectivity index (χ3n) is 4.57. The summed E-state index contributed by atoms with van der Waals surface area (Å²) in [6, 6.07) is 0. The summed E-state index contributed by atoms with van der Waals surface area (Å²) in [5, 5.41) is 9.27. The minimum absolute atomic E-state index is 0.313. The Morgan fingerprint density at radius 3 is 3.00 bits per heavy atom. The quantitative estimate of drug-likeness (QED) is 0.876. The fraction of sp³-hybridized carbons (Fsp3) is 0.786. The van der Waals surface area contributed by atoms with Gasteiger partial charge >= 0.3 is 0 Å². The number of aromatic nitrogens is 2. The monoisotopic (exact) mass is 249 g/mol. The Bertz CT molecular complexity index is 415. The van der Waals surface area contributed by atoms with Gasteiger partial charge in [-0.15, -0.1) is 0 Å². The van der Waals surface area contributed by atoms with Gasteiger partial charge in [0.15, 0.2) is 0 Å². The molecule has 100 valence electrons. The molecule has 1 aromatic rings. The Balaban J connectivity index is 1.77. The molecule has 1 aromatic heterocycles. The lowest BCUT2D eigenvalue weighted by Gasteiger charge is -2.24. The van der Waals surface area contributed by atoms with Crippen molar-refractivity contribution in [2.45, 2.75) is 38.6 Å². The minimum Gasteiger partial charge on any atom is -0.396 e. The van der Waals surface area contributed by atoms with Crippen molar-refractivity contribution in [2.24, 2.45) is 5.92 Å². The summed E-state index contributed by atoms with van der Waals surface area (Å²) >= 11 is 0. The molecule has 18 heavy (non-hydrogen) atoms. The van der Waals surface area contributed by atoms with Crippen LogP contribution in [0.5, 0.6) is 0 Å². The predicted octanol–water partition coefficient (Wildman–Crippen LogP) is 1.25. The van der Waals surface area contributed by atoms with Crippen LogP contribution in [-0.2, 0) is 13.0 Å². The number of aliphatic hydroxyl groups is 1. The molecule has 4 heteroatoms. The van der Waals surface area contributed by atoms with E-state index in [0.717, 1.165) is 32.5 Å². The topological polar surface area (TPSA) is 41.3 Å². The molecule has 3 heterocycles. The third-order valence-corrected chi connectivity index (χ3v) is 4.57. The maximum Gasteiger partial charge on any atom is 0.113 e. The van der Waals surface area contributed by atoms with Crippen molar-refractivity contribution in [3.63, 3.8) is 0 Å². The van der Waals surface area contributed by atoms with Crippen molar-refractivity contribution in [1.82, 2.24) is 14.5 Å². The lowest BCUT2D eigenvalue weighted by atomic mass is 9.97. The first-order chi connectivity index (χ1) is 8.81. The fourth-order valence-electron chi connectivity index (χ4n) is 3.37. The van der Waals surface area contributed by atoms with E-state index < -0.39 is 0 Å². The van der Waals surface area contributed by atoms with Gasteiger partial charge in [-0.05, 0) is 38.3 Å². The second kappa shape index (κ2) is 5.02. The maximum absolute atomic E-state index is 9.27. The molecule has 2 atom stereocenters. The standard InChI is InChI=1S/C14H23N3O/c1-2-16-5-4-12(9-16)14-15-8-13-7-11(10-18)3-6-17(13)14/h8,11-12,18H,2-7,9-10H2,1H3. The van der Waals surface area contributed by atoms with Gasteiger partial charge in [0.05, 0.1) is 0 Å². The van der Waals surface area contributed by atoms with Crippen LogP contribution in [0, 0.1) is 5.92 Å². The van der Waals surface area contributed by atoms with E-state index in [0.29, 0.717) is 18.4 Å². The molecule has 0 radical (unpaired) electrons. The van der Waals surface area contributed by atoms with Crippen LogP contribution in [0.3, 0.4) is 0 Å². The van der Waals surface area contributed by atoms with Crippen molar-refractivity contribution in [3.05, 3.63) is 17.7 Å². The van der Waals surface area contributed by atoms with Crippen molar-refractivity contribution >= 4 is 0 Å². The minimum atomic E-state index is 0.313. The van der Waals surface area contributed by atoms with Gasteiger partial charge in [0.2, 0.25) is 0 Å².